The number of piperazine rings is 1. The van der Waals surface area contributed by atoms with E-state index < -0.39 is 15.7 Å². The highest BCUT2D eigenvalue weighted by Gasteiger charge is 2.30. The Morgan fingerprint density at radius 3 is 2.05 bits per heavy atom. The first-order valence-corrected chi connectivity index (χ1v) is 8.51. The SMILES string of the molecule is CC(C)(C)NS(=O)(=O)N1CCN(c2ccc(N)cc2)CC1. The fourth-order valence-corrected chi connectivity index (χ4v) is 3.87. The Hall–Kier alpha value is -1.31. The van der Waals surface area contributed by atoms with E-state index in [1.165, 1.54) is 4.31 Å². The molecule has 3 N–H and O–H groups in total. The van der Waals surface area contributed by atoms with Crippen LogP contribution in [-0.4, -0.2) is 44.4 Å². The van der Waals surface area contributed by atoms with Crippen LogP contribution in [0.4, 0.5) is 11.4 Å². The molecule has 7 heteroatoms. The van der Waals surface area contributed by atoms with Gasteiger partial charge in [0.15, 0.2) is 0 Å². The Kier molecular flexibility index (Phi) is 4.46. The molecule has 6 nitrogen and oxygen atoms in total. The van der Waals surface area contributed by atoms with Crippen molar-refractivity contribution < 1.29 is 8.42 Å². The molecule has 0 spiro atoms. The Morgan fingerprint density at radius 1 is 1.05 bits per heavy atom. The number of benzene rings is 1. The minimum atomic E-state index is -3.42. The highest BCUT2D eigenvalue weighted by Crippen LogP contribution is 2.19. The van der Waals surface area contributed by atoms with Crippen LogP contribution in [0, 0.1) is 0 Å². The molecule has 0 aromatic heterocycles. The summed E-state index contributed by atoms with van der Waals surface area (Å²) in [6, 6.07) is 7.65. The van der Waals surface area contributed by atoms with E-state index in [-0.39, 0.29) is 0 Å². The molecule has 1 aromatic carbocycles. The zero-order chi connectivity index (χ0) is 15.7. The van der Waals surface area contributed by atoms with Crippen molar-refractivity contribution in [2.24, 2.45) is 0 Å². The minimum Gasteiger partial charge on any atom is -0.399 e. The van der Waals surface area contributed by atoms with Gasteiger partial charge in [0.2, 0.25) is 0 Å². The van der Waals surface area contributed by atoms with Gasteiger partial charge in [-0.15, -0.1) is 0 Å². The lowest BCUT2D eigenvalue weighted by Crippen LogP contribution is -2.55. The van der Waals surface area contributed by atoms with Gasteiger partial charge in [-0.2, -0.15) is 17.4 Å². The molecule has 0 aliphatic carbocycles. The highest BCUT2D eigenvalue weighted by atomic mass is 32.2. The number of nitrogens with two attached hydrogens (primary N) is 1. The summed E-state index contributed by atoms with van der Waals surface area (Å²) >= 11 is 0. The number of nitrogen functional groups attached to an aromatic ring is 1. The lowest BCUT2D eigenvalue weighted by molar-refractivity contribution is 0.364. The van der Waals surface area contributed by atoms with Crippen LogP contribution in [0.3, 0.4) is 0 Å². The average molecular weight is 312 g/mol. The molecule has 0 bridgehead atoms. The van der Waals surface area contributed by atoms with E-state index in [4.69, 9.17) is 5.73 Å². The molecule has 1 aromatic rings. The fourth-order valence-electron chi connectivity index (χ4n) is 2.32. The number of hydrogen-bond donors (Lipinski definition) is 2. The Balaban J connectivity index is 1.98. The monoisotopic (exact) mass is 312 g/mol. The molecule has 1 fully saturated rings. The smallest absolute Gasteiger partial charge is 0.280 e. The molecule has 0 radical (unpaired) electrons. The standard InChI is InChI=1S/C14H24N4O2S/c1-14(2,3)16-21(19,20)18-10-8-17(9-11-18)13-6-4-12(15)5-7-13/h4-7,16H,8-11,15H2,1-3H3. The van der Waals surface area contributed by atoms with Gasteiger partial charge in [0, 0.05) is 43.1 Å². The second-order valence-corrected chi connectivity index (χ2v) is 8.01. The van der Waals surface area contributed by atoms with Gasteiger partial charge in [0.25, 0.3) is 10.2 Å². The third-order valence-electron chi connectivity index (χ3n) is 3.27. The van der Waals surface area contributed by atoms with Crippen molar-refractivity contribution in [3.63, 3.8) is 0 Å². The second-order valence-electron chi connectivity index (χ2n) is 6.33. The summed E-state index contributed by atoms with van der Waals surface area (Å²) in [7, 11) is -3.42. The fraction of sp³-hybridized carbons (Fsp3) is 0.571. The maximum atomic E-state index is 12.3. The average Bonchev–Trinajstić information content (AvgIpc) is 2.37. The van der Waals surface area contributed by atoms with Crippen molar-refractivity contribution in [2.75, 3.05) is 36.8 Å². The summed E-state index contributed by atoms with van der Waals surface area (Å²) in [4.78, 5) is 2.17. The summed E-state index contributed by atoms with van der Waals surface area (Å²) in [5, 5.41) is 0. The number of anilines is 2. The van der Waals surface area contributed by atoms with Gasteiger partial charge < -0.3 is 10.6 Å². The van der Waals surface area contributed by atoms with Crippen molar-refractivity contribution in [3.05, 3.63) is 24.3 Å². The molecule has 2 rings (SSSR count). The van der Waals surface area contributed by atoms with Crippen molar-refractivity contribution >= 4 is 21.6 Å². The van der Waals surface area contributed by atoms with Gasteiger partial charge in [0.1, 0.15) is 0 Å². The summed E-state index contributed by atoms with van der Waals surface area (Å²) in [6.07, 6.45) is 0. The Bertz CT molecular complexity index is 570. The molecule has 1 aliphatic rings. The summed E-state index contributed by atoms with van der Waals surface area (Å²) < 4.78 is 28.7. The Morgan fingerprint density at radius 2 is 1.57 bits per heavy atom. The number of rotatable bonds is 3. The largest absolute Gasteiger partial charge is 0.399 e. The summed E-state index contributed by atoms with van der Waals surface area (Å²) in [5.74, 6) is 0. The molecular weight excluding hydrogens is 288 g/mol. The van der Waals surface area contributed by atoms with Crippen molar-refractivity contribution in [1.82, 2.24) is 9.03 Å². The molecular formula is C14H24N4O2S. The van der Waals surface area contributed by atoms with E-state index >= 15 is 0 Å². The van der Waals surface area contributed by atoms with E-state index in [0.29, 0.717) is 26.2 Å². The molecule has 1 saturated heterocycles. The number of nitrogens with one attached hydrogen (secondary N) is 1. The van der Waals surface area contributed by atoms with Crippen LogP contribution >= 0.6 is 0 Å². The van der Waals surface area contributed by atoms with Gasteiger partial charge in [-0.25, -0.2) is 0 Å². The quantitative estimate of drug-likeness (QED) is 0.817. The maximum Gasteiger partial charge on any atom is 0.280 e. The van der Waals surface area contributed by atoms with Crippen LogP contribution in [-0.2, 0) is 10.2 Å². The molecule has 0 atom stereocenters. The summed E-state index contributed by atoms with van der Waals surface area (Å²) in [5.41, 5.74) is 7.02. The van der Waals surface area contributed by atoms with E-state index in [0.717, 1.165) is 11.4 Å². The first kappa shape index (κ1) is 16.1. The van der Waals surface area contributed by atoms with Crippen LogP contribution in [0.1, 0.15) is 20.8 Å². The molecule has 0 amide bonds. The third-order valence-corrected chi connectivity index (χ3v) is 5.19. The van der Waals surface area contributed by atoms with E-state index in [1.807, 2.05) is 45.0 Å². The topological polar surface area (TPSA) is 78.7 Å². The highest BCUT2D eigenvalue weighted by molar-refractivity contribution is 7.87. The van der Waals surface area contributed by atoms with Crippen LogP contribution in [0.2, 0.25) is 0 Å². The van der Waals surface area contributed by atoms with Crippen LogP contribution in [0.5, 0.6) is 0 Å². The van der Waals surface area contributed by atoms with Crippen molar-refractivity contribution in [2.45, 2.75) is 26.3 Å². The number of hydrogen-bond acceptors (Lipinski definition) is 4. The maximum absolute atomic E-state index is 12.3. The van der Waals surface area contributed by atoms with Crippen LogP contribution in [0.25, 0.3) is 0 Å². The van der Waals surface area contributed by atoms with Gasteiger partial charge in [0.05, 0.1) is 0 Å². The molecule has 1 aliphatic heterocycles. The summed E-state index contributed by atoms with van der Waals surface area (Å²) in [6.45, 7) is 7.84. The van der Waals surface area contributed by atoms with Gasteiger partial charge in [-0.05, 0) is 45.0 Å². The molecule has 21 heavy (non-hydrogen) atoms. The van der Waals surface area contributed by atoms with E-state index in [1.54, 1.807) is 0 Å². The van der Waals surface area contributed by atoms with E-state index in [9.17, 15) is 8.42 Å². The van der Waals surface area contributed by atoms with Gasteiger partial charge in [-0.3, -0.25) is 0 Å². The second kappa shape index (κ2) is 5.82. The van der Waals surface area contributed by atoms with E-state index in [2.05, 4.69) is 9.62 Å². The van der Waals surface area contributed by atoms with Crippen LogP contribution in [0.15, 0.2) is 24.3 Å². The Labute approximate surface area is 127 Å². The predicted octanol–water partition coefficient (Wildman–Crippen LogP) is 1.02. The first-order valence-electron chi connectivity index (χ1n) is 7.07. The van der Waals surface area contributed by atoms with Crippen LogP contribution < -0.4 is 15.4 Å². The zero-order valence-electron chi connectivity index (χ0n) is 12.8. The lowest BCUT2D eigenvalue weighted by Gasteiger charge is -2.36. The minimum absolute atomic E-state index is 0.465. The lowest BCUT2D eigenvalue weighted by atomic mass is 10.1. The molecule has 0 unspecified atom stereocenters. The predicted molar refractivity (Wildman–Crippen MR) is 86.4 cm³/mol. The van der Waals surface area contributed by atoms with Crippen molar-refractivity contribution in [1.29, 1.82) is 0 Å². The normalized spacial score (nSPS) is 18.0. The molecule has 118 valence electrons. The van der Waals surface area contributed by atoms with Crippen molar-refractivity contribution in [3.8, 4) is 0 Å². The first-order chi connectivity index (χ1) is 9.67. The molecule has 0 saturated carbocycles. The van der Waals surface area contributed by atoms with Gasteiger partial charge in [-0.1, -0.05) is 0 Å². The van der Waals surface area contributed by atoms with Gasteiger partial charge >= 0.3 is 0 Å². The third kappa shape index (κ3) is 4.33. The number of nitrogens with zero attached hydrogens (tertiary/aromatic N) is 2. The zero-order valence-corrected chi connectivity index (χ0v) is 13.7. The molecule has 1 heterocycles.